The molecule has 6 heteroatoms. The molecule has 4 rings (SSSR count). The molecule has 0 aliphatic carbocycles. The molecule has 23 heavy (non-hydrogen) atoms. The van der Waals surface area contributed by atoms with Gasteiger partial charge in [0, 0.05) is 17.6 Å². The lowest BCUT2D eigenvalue weighted by Gasteiger charge is -2.23. The Hall–Kier alpha value is -2.47. The molecular formula is C17H20N6. The molecule has 3 heterocycles. The van der Waals surface area contributed by atoms with Crippen LogP contribution in [0.1, 0.15) is 18.4 Å². The summed E-state index contributed by atoms with van der Waals surface area (Å²) in [7, 11) is 0. The number of piperidine rings is 1. The first-order chi connectivity index (χ1) is 11.3. The number of anilines is 1. The van der Waals surface area contributed by atoms with E-state index in [-0.39, 0.29) is 0 Å². The van der Waals surface area contributed by atoms with Crippen molar-refractivity contribution in [2.75, 3.05) is 18.4 Å². The van der Waals surface area contributed by atoms with Crippen LogP contribution in [0.3, 0.4) is 0 Å². The first-order valence-corrected chi connectivity index (χ1v) is 8.05. The summed E-state index contributed by atoms with van der Waals surface area (Å²) in [5.41, 5.74) is 3.81. The number of benzene rings is 1. The van der Waals surface area contributed by atoms with E-state index in [1.807, 2.05) is 31.3 Å². The molecule has 1 aromatic carbocycles. The van der Waals surface area contributed by atoms with Crippen LogP contribution in [0.4, 0.5) is 5.95 Å². The third-order valence-corrected chi connectivity index (χ3v) is 4.34. The maximum absolute atomic E-state index is 4.73. The molecule has 0 amide bonds. The van der Waals surface area contributed by atoms with Crippen LogP contribution in [0.5, 0.6) is 0 Å². The highest BCUT2D eigenvalue weighted by Gasteiger charge is 2.16. The molecule has 1 fully saturated rings. The van der Waals surface area contributed by atoms with Crippen LogP contribution in [0, 0.1) is 6.92 Å². The second-order valence-corrected chi connectivity index (χ2v) is 6.01. The SMILES string of the molecule is Cc1cnc(NC2CCNCC2)nc1-c1n[nH]c2ccccc12. The van der Waals surface area contributed by atoms with Gasteiger partial charge in [-0.3, -0.25) is 5.10 Å². The average Bonchev–Trinajstić information content (AvgIpc) is 3.01. The van der Waals surface area contributed by atoms with E-state index >= 15 is 0 Å². The lowest BCUT2D eigenvalue weighted by atomic mass is 10.1. The quantitative estimate of drug-likeness (QED) is 0.693. The van der Waals surface area contributed by atoms with Crippen LogP contribution >= 0.6 is 0 Å². The highest BCUT2D eigenvalue weighted by atomic mass is 15.2. The first-order valence-electron chi connectivity index (χ1n) is 8.05. The number of aromatic amines is 1. The zero-order chi connectivity index (χ0) is 15.6. The molecule has 3 aromatic rings. The van der Waals surface area contributed by atoms with Crippen molar-refractivity contribution in [3.05, 3.63) is 36.0 Å². The number of fused-ring (bicyclic) bond motifs is 1. The van der Waals surface area contributed by atoms with Crippen LogP contribution in [0.15, 0.2) is 30.5 Å². The smallest absolute Gasteiger partial charge is 0.223 e. The summed E-state index contributed by atoms with van der Waals surface area (Å²) < 4.78 is 0. The van der Waals surface area contributed by atoms with E-state index in [0.29, 0.717) is 12.0 Å². The molecule has 0 atom stereocenters. The van der Waals surface area contributed by atoms with Crippen LogP contribution < -0.4 is 10.6 Å². The normalized spacial score (nSPS) is 15.9. The van der Waals surface area contributed by atoms with Crippen LogP contribution in [-0.2, 0) is 0 Å². The fraction of sp³-hybridized carbons (Fsp3) is 0.353. The number of aryl methyl sites for hydroxylation is 1. The monoisotopic (exact) mass is 308 g/mol. The molecule has 3 N–H and O–H groups in total. The lowest BCUT2D eigenvalue weighted by molar-refractivity contribution is 0.477. The Morgan fingerprint density at radius 2 is 1.96 bits per heavy atom. The maximum Gasteiger partial charge on any atom is 0.223 e. The minimum Gasteiger partial charge on any atom is -0.351 e. The van der Waals surface area contributed by atoms with Crippen molar-refractivity contribution in [1.29, 1.82) is 0 Å². The highest BCUT2D eigenvalue weighted by Crippen LogP contribution is 2.27. The maximum atomic E-state index is 4.73. The van der Waals surface area contributed by atoms with Crippen molar-refractivity contribution < 1.29 is 0 Å². The van der Waals surface area contributed by atoms with Crippen LogP contribution in [-0.4, -0.2) is 39.3 Å². The van der Waals surface area contributed by atoms with Gasteiger partial charge in [-0.1, -0.05) is 18.2 Å². The van der Waals surface area contributed by atoms with Gasteiger partial charge in [0.1, 0.15) is 5.69 Å². The summed E-state index contributed by atoms with van der Waals surface area (Å²) in [5, 5.41) is 15.4. The summed E-state index contributed by atoms with van der Waals surface area (Å²) >= 11 is 0. The summed E-state index contributed by atoms with van der Waals surface area (Å²) in [6.07, 6.45) is 4.06. The van der Waals surface area contributed by atoms with Gasteiger partial charge in [-0.25, -0.2) is 9.97 Å². The van der Waals surface area contributed by atoms with Gasteiger partial charge in [-0.05, 0) is 44.5 Å². The number of hydrogen-bond donors (Lipinski definition) is 3. The molecule has 0 unspecified atom stereocenters. The van der Waals surface area contributed by atoms with Crippen molar-refractivity contribution in [3.63, 3.8) is 0 Å². The van der Waals surface area contributed by atoms with Crippen LogP contribution in [0.25, 0.3) is 22.3 Å². The molecule has 0 spiro atoms. The molecule has 2 aromatic heterocycles. The number of hydrogen-bond acceptors (Lipinski definition) is 5. The standard InChI is InChI=1S/C17H20N6/c1-11-10-19-17(20-12-6-8-18-9-7-12)21-15(11)16-13-4-2-3-5-14(13)22-23-16/h2-5,10,12,18H,6-9H2,1H3,(H,22,23)(H,19,20,21). The molecule has 1 saturated heterocycles. The summed E-state index contributed by atoms with van der Waals surface area (Å²) in [6.45, 7) is 4.11. The Kier molecular flexibility index (Phi) is 3.67. The van der Waals surface area contributed by atoms with Crippen molar-refractivity contribution in [3.8, 4) is 11.4 Å². The molecule has 0 radical (unpaired) electrons. The predicted octanol–water partition coefficient (Wildman–Crippen LogP) is 2.49. The van der Waals surface area contributed by atoms with E-state index in [4.69, 9.17) is 4.98 Å². The molecule has 0 bridgehead atoms. The lowest BCUT2D eigenvalue weighted by Crippen LogP contribution is -2.35. The van der Waals surface area contributed by atoms with E-state index in [0.717, 1.165) is 53.8 Å². The number of nitrogens with one attached hydrogen (secondary N) is 3. The second kappa shape index (κ2) is 5.96. The predicted molar refractivity (Wildman–Crippen MR) is 91.4 cm³/mol. The Bertz CT molecular complexity index is 819. The third kappa shape index (κ3) is 2.77. The molecule has 6 nitrogen and oxygen atoms in total. The van der Waals surface area contributed by atoms with Gasteiger partial charge >= 0.3 is 0 Å². The molecular weight excluding hydrogens is 288 g/mol. The zero-order valence-corrected chi connectivity index (χ0v) is 13.1. The fourth-order valence-electron chi connectivity index (χ4n) is 3.04. The number of para-hydroxylation sites is 1. The van der Waals surface area contributed by atoms with Gasteiger partial charge < -0.3 is 10.6 Å². The van der Waals surface area contributed by atoms with E-state index in [1.54, 1.807) is 0 Å². The fourth-order valence-corrected chi connectivity index (χ4v) is 3.04. The van der Waals surface area contributed by atoms with Crippen molar-refractivity contribution >= 4 is 16.9 Å². The van der Waals surface area contributed by atoms with E-state index in [2.05, 4.69) is 31.9 Å². The largest absolute Gasteiger partial charge is 0.351 e. The third-order valence-electron chi connectivity index (χ3n) is 4.34. The minimum atomic E-state index is 0.433. The Morgan fingerprint density at radius 1 is 1.13 bits per heavy atom. The first kappa shape index (κ1) is 14.1. The van der Waals surface area contributed by atoms with E-state index < -0.39 is 0 Å². The minimum absolute atomic E-state index is 0.433. The van der Waals surface area contributed by atoms with Gasteiger partial charge in [0.05, 0.1) is 11.2 Å². The Morgan fingerprint density at radius 3 is 2.83 bits per heavy atom. The molecule has 1 aliphatic heterocycles. The molecule has 1 aliphatic rings. The van der Waals surface area contributed by atoms with Crippen LogP contribution in [0.2, 0.25) is 0 Å². The van der Waals surface area contributed by atoms with Crippen molar-refractivity contribution in [2.45, 2.75) is 25.8 Å². The van der Waals surface area contributed by atoms with Gasteiger partial charge in [0.15, 0.2) is 0 Å². The van der Waals surface area contributed by atoms with Gasteiger partial charge in [0.2, 0.25) is 5.95 Å². The zero-order valence-electron chi connectivity index (χ0n) is 13.1. The van der Waals surface area contributed by atoms with Gasteiger partial charge in [0.25, 0.3) is 0 Å². The summed E-state index contributed by atoms with van der Waals surface area (Å²) in [4.78, 5) is 9.18. The number of rotatable bonds is 3. The van der Waals surface area contributed by atoms with Gasteiger partial charge in [-0.15, -0.1) is 0 Å². The second-order valence-electron chi connectivity index (χ2n) is 6.01. The Labute approximate surface area is 134 Å². The van der Waals surface area contributed by atoms with E-state index in [9.17, 15) is 0 Å². The molecule has 118 valence electrons. The van der Waals surface area contributed by atoms with Gasteiger partial charge in [-0.2, -0.15) is 5.10 Å². The number of nitrogens with zero attached hydrogens (tertiary/aromatic N) is 3. The molecule has 0 saturated carbocycles. The topological polar surface area (TPSA) is 78.5 Å². The average molecular weight is 308 g/mol. The summed E-state index contributed by atoms with van der Waals surface area (Å²) in [5.74, 6) is 0.685. The summed E-state index contributed by atoms with van der Waals surface area (Å²) in [6, 6.07) is 8.54. The Balaban J connectivity index is 1.69. The highest BCUT2D eigenvalue weighted by molar-refractivity contribution is 5.92. The number of aromatic nitrogens is 4. The van der Waals surface area contributed by atoms with E-state index in [1.165, 1.54) is 0 Å². The number of H-pyrrole nitrogens is 1. The van der Waals surface area contributed by atoms with Crippen molar-refractivity contribution in [2.24, 2.45) is 0 Å². The van der Waals surface area contributed by atoms with Crippen molar-refractivity contribution in [1.82, 2.24) is 25.5 Å².